The van der Waals surface area contributed by atoms with E-state index >= 15 is 0 Å². The third kappa shape index (κ3) is 4.76. The molecule has 0 saturated heterocycles. The van der Waals surface area contributed by atoms with Gasteiger partial charge >= 0.3 is 5.97 Å². The monoisotopic (exact) mass is 203 g/mol. The van der Waals surface area contributed by atoms with E-state index in [0.717, 1.165) is 5.56 Å². The van der Waals surface area contributed by atoms with Crippen LogP contribution in [0.5, 0.6) is 0 Å². The molecule has 0 amide bonds. The van der Waals surface area contributed by atoms with Crippen molar-refractivity contribution in [3.05, 3.63) is 42.0 Å². The molecular formula is C12H13NO2. The summed E-state index contributed by atoms with van der Waals surface area (Å²) in [6.45, 7) is 3.08. The zero-order chi connectivity index (χ0) is 11.1. The molecule has 0 bridgehead atoms. The summed E-state index contributed by atoms with van der Waals surface area (Å²) in [5, 5.41) is 3.62. The molecule has 3 nitrogen and oxygen atoms in total. The molecule has 0 spiro atoms. The SMILES string of the molecule is CC(=O)O/N=C(C)/C=C/c1ccccc1. The van der Waals surface area contributed by atoms with Crippen LogP contribution in [-0.4, -0.2) is 11.7 Å². The maximum absolute atomic E-state index is 10.5. The van der Waals surface area contributed by atoms with Crippen molar-refractivity contribution in [1.29, 1.82) is 0 Å². The molecule has 0 N–H and O–H groups in total. The van der Waals surface area contributed by atoms with Crippen molar-refractivity contribution in [1.82, 2.24) is 0 Å². The highest BCUT2D eigenvalue weighted by Gasteiger charge is 1.90. The van der Waals surface area contributed by atoms with Gasteiger partial charge < -0.3 is 4.84 Å². The molecule has 0 aliphatic rings. The fraction of sp³-hybridized carbons (Fsp3) is 0.167. The average molecular weight is 203 g/mol. The van der Waals surface area contributed by atoms with Crippen LogP contribution in [0.25, 0.3) is 6.08 Å². The maximum Gasteiger partial charge on any atom is 0.331 e. The molecule has 0 unspecified atom stereocenters. The lowest BCUT2D eigenvalue weighted by atomic mass is 10.2. The Morgan fingerprint density at radius 3 is 2.53 bits per heavy atom. The summed E-state index contributed by atoms with van der Waals surface area (Å²) in [5.41, 5.74) is 1.73. The van der Waals surface area contributed by atoms with E-state index in [1.165, 1.54) is 6.92 Å². The number of carbonyl (C=O) groups excluding carboxylic acids is 1. The summed E-state index contributed by atoms with van der Waals surface area (Å²) in [5.74, 6) is -0.414. The van der Waals surface area contributed by atoms with Gasteiger partial charge in [0.25, 0.3) is 0 Å². The fourth-order valence-corrected chi connectivity index (χ4v) is 0.948. The van der Waals surface area contributed by atoms with Crippen molar-refractivity contribution in [2.75, 3.05) is 0 Å². The molecule has 0 heterocycles. The summed E-state index contributed by atoms with van der Waals surface area (Å²) in [7, 11) is 0. The van der Waals surface area contributed by atoms with E-state index in [2.05, 4.69) is 9.99 Å². The van der Waals surface area contributed by atoms with E-state index < -0.39 is 5.97 Å². The first-order valence-corrected chi connectivity index (χ1v) is 4.64. The second kappa shape index (κ2) is 5.75. The fourth-order valence-electron chi connectivity index (χ4n) is 0.948. The van der Waals surface area contributed by atoms with Crippen molar-refractivity contribution in [3.63, 3.8) is 0 Å². The van der Waals surface area contributed by atoms with Gasteiger partial charge in [0.2, 0.25) is 0 Å². The Hall–Kier alpha value is -1.90. The lowest BCUT2D eigenvalue weighted by molar-refractivity contribution is -0.140. The van der Waals surface area contributed by atoms with Crippen LogP contribution in [0.2, 0.25) is 0 Å². The molecule has 0 radical (unpaired) electrons. The largest absolute Gasteiger partial charge is 0.331 e. The second-order valence-corrected chi connectivity index (χ2v) is 3.06. The molecule has 0 aromatic heterocycles. The Balaban J connectivity index is 2.58. The van der Waals surface area contributed by atoms with E-state index in [4.69, 9.17) is 0 Å². The number of allylic oxidation sites excluding steroid dienone is 1. The Labute approximate surface area is 89.1 Å². The van der Waals surface area contributed by atoms with Crippen LogP contribution < -0.4 is 0 Å². The van der Waals surface area contributed by atoms with Gasteiger partial charge in [-0.15, -0.1) is 0 Å². The molecule has 0 aliphatic heterocycles. The highest BCUT2D eigenvalue weighted by atomic mass is 16.7. The van der Waals surface area contributed by atoms with Crippen molar-refractivity contribution in [2.45, 2.75) is 13.8 Å². The van der Waals surface area contributed by atoms with Crippen molar-refractivity contribution >= 4 is 17.8 Å². The van der Waals surface area contributed by atoms with Crippen LogP contribution in [0, 0.1) is 0 Å². The Morgan fingerprint density at radius 1 is 1.27 bits per heavy atom. The summed E-state index contributed by atoms with van der Waals surface area (Å²) < 4.78 is 0. The highest BCUT2D eigenvalue weighted by Crippen LogP contribution is 2.01. The van der Waals surface area contributed by atoms with Crippen LogP contribution in [0.1, 0.15) is 19.4 Å². The Bertz CT molecular complexity index is 380. The van der Waals surface area contributed by atoms with E-state index in [1.807, 2.05) is 36.4 Å². The molecule has 3 heteroatoms. The minimum atomic E-state index is -0.414. The van der Waals surface area contributed by atoms with Crippen molar-refractivity contribution in [3.8, 4) is 0 Å². The summed E-state index contributed by atoms with van der Waals surface area (Å²) in [4.78, 5) is 15.0. The average Bonchev–Trinajstić information content (AvgIpc) is 2.25. The third-order valence-corrected chi connectivity index (χ3v) is 1.63. The predicted molar refractivity (Wildman–Crippen MR) is 60.4 cm³/mol. The van der Waals surface area contributed by atoms with E-state index in [-0.39, 0.29) is 0 Å². The van der Waals surface area contributed by atoms with Gasteiger partial charge in [-0.1, -0.05) is 41.6 Å². The van der Waals surface area contributed by atoms with Crippen LogP contribution in [0.15, 0.2) is 41.6 Å². The van der Waals surface area contributed by atoms with E-state index in [1.54, 1.807) is 13.0 Å². The van der Waals surface area contributed by atoms with Gasteiger partial charge in [-0.3, -0.25) is 0 Å². The molecule has 0 aliphatic carbocycles. The standard InChI is InChI=1S/C12H13NO2/c1-10(13-15-11(2)14)8-9-12-6-4-3-5-7-12/h3-9H,1-2H3/b9-8+,13-10+. The van der Waals surface area contributed by atoms with Crippen LogP contribution in [-0.2, 0) is 9.63 Å². The topological polar surface area (TPSA) is 38.7 Å². The van der Waals surface area contributed by atoms with Crippen molar-refractivity contribution < 1.29 is 9.63 Å². The highest BCUT2D eigenvalue weighted by molar-refractivity contribution is 5.96. The van der Waals surface area contributed by atoms with Gasteiger partial charge in [-0.05, 0) is 18.6 Å². The number of carbonyl (C=O) groups is 1. The lowest BCUT2D eigenvalue weighted by Crippen LogP contribution is -1.94. The number of benzene rings is 1. The molecule has 0 saturated carbocycles. The molecular weight excluding hydrogens is 190 g/mol. The van der Waals surface area contributed by atoms with Gasteiger partial charge in [-0.2, -0.15) is 0 Å². The first-order chi connectivity index (χ1) is 7.18. The number of rotatable bonds is 3. The van der Waals surface area contributed by atoms with Crippen molar-refractivity contribution in [2.24, 2.45) is 5.16 Å². The van der Waals surface area contributed by atoms with Crippen LogP contribution >= 0.6 is 0 Å². The lowest BCUT2D eigenvalue weighted by Gasteiger charge is -1.93. The molecule has 78 valence electrons. The number of nitrogens with zero attached hydrogens (tertiary/aromatic N) is 1. The summed E-state index contributed by atoms with van der Waals surface area (Å²) in [6.07, 6.45) is 3.70. The molecule has 1 rings (SSSR count). The Kier molecular flexibility index (Phi) is 4.29. The number of hydrogen-bond donors (Lipinski definition) is 0. The normalized spacial score (nSPS) is 11.7. The van der Waals surface area contributed by atoms with E-state index in [0.29, 0.717) is 5.71 Å². The van der Waals surface area contributed by atoms with E-state index in [9.17, 15) is 4.79 Å². The number of hydrogen-bond acceptors (Lipinski definition) is 3. The number of oxime groups is 1. The molecule has 15 heavy (non-hydrogen) atoms. The zero-order valence-electron chi connectivity index (χ0n) is 8.81. The molecule has 1 aromatic carbocycles. The summed E-state index contributed by atoms with van der Waals surface area (Å²) >= 11 is 0. The minimum Gasteiger partial charge on any atom is -0.318 e. The second-order valence-electron chi connectivity index (χ2n) is 3.06. The Morgan fingerprint density at radius 2 is 1.93 bits per heavy atom. The molecule has 0 atom stereocenters. The third-order valence-electron chi connectivity index (χ3n) is 1.63. The van der Waals surface area contributed by atoms with Crippen LogP contribution in [0.4, 0.5) is 0 Å². The summed E-state index contributed by atoms with van der Waals surface area (Å²) in [6, 6.07) is 9.83. The maximum atomic E-state index is 10.5. The van der Waals surface area contributed by atoms with Gasteiger partial charge in [0.15, 0.2) is 0 Å². The minimum absolute atomic E-state index is 0.414. The van der Waals surface area contributed by atoms with Crippen LogP contribution in [0.3, 0.4) is 0 Å². The quantitative estimate of drug-likeness (QED) is 0.430. The molecule has 1 aromatic rings. The van der Waals surface area contributed by atoms with Gasteiger partial charge in [-0.25, -0.2) is 4.79 Å². The smallest absolute Gasteiger partial charge is 0.318 e. The van der Waals surface area contributed by atoms with Gasteiger partial charge in [0.05, 0.1) is 5.71 Å². The van der Waals surface area contributed by atoms with Gasteiger partial charge in [0.1, 0.15) is 0 Å². The van der Waals surface area contributed by atoms with Gasteiger partial charge in [0, 0.05) is 6.92 Å². The molecule has 0 fully saturated rings. The first kappa shape index (κ1) is 11.2. The predicted octanol–water partition coefficient (Wildman–Crippen LogP) is 2.64. The first-order valence-electron chi connectivity index (χ1n) is 4.64. The zero-order valence-corrected chi connectivity index (χ0v) is 8.81.